The normalized spacial score (nSPS) is 21.9. The van der Waals surface area contributed by atoms with E-state index >= 15 is 0 Å². The molecule has 5 atom stereocenters. The first-order valence-corrected chi connectivity index (χ1v) is 12.1. The largest absolute Gasteiger partial charge is 0.471 e. The van der Waals surface area contributed by atoms with Crippen molar-refractivity contribution in [2.75, 3.05) is 11.9 Å². The second kappa shape index (κ2) is 13.2. The summed E-state index contributed by atoms with van der Waals surface area (Å²) in [5, 5.41) is 4.02. The Hall–Kier alpha value is -4.80. The zero-order chi connectivity index (χ0) is 31.2. The second-order valence-electron chi connectivity index (χ2n) is 8.84. The summed E-state index contributed by atoms with van der Waals surface area (Å²) >= 11 is 0. The lowest BCUT2D eigenvalue weighted by Gasteiger charge is -2.45. The van der Waals surface area contributed by atoms with Crippen molar-refractivity contribution in [3.63, 3.8) is 0 Å². The summed E-state index contributed by atoms with van der Waals surface area (Å²) in [6, 6.07) is 7.00. The van der Waals surface area contributed by atoms with Gasteiger partial charge in [0.05, 0.1) is 0 Å². The molecule has 0 radical (unpaired) electrons. The van der Waals surface area contributed by atoms with Gasteiger partial charge in [0.1, 0.15) is 24.6 Å². The first-order valence-electron chi connectivity index (χ1n) is 12.1. The van der Waals surface area contributed by atoms with Gasteiger partial charge in [-0.05, 0) is 18.2 Å². The van der Waals surface area contributed by atoms with Crippen molar-refractivity contribution in [1.29, 1.82) is 0 Å². The summed E-state index contributed by atoms with van der Waals surface area (Å²) in [6.07, 6.45) is -11.4. The summed E-state index contributed by atoms with van der Waals surface area (Å²) < 4.78 is 61.5. The Labute approximate surface area is 235 Å². The van der Waals surface area contributed by atoms with Gasteiger partial charge in [0, 0.05) is 32.5 Å². The third-order valence-corrected chi connectivity index (χ3v) is 5.66. The standard InChI is InChI=1S/C25H25F3N4O10/c1-12(33)39-11-16-19(40-13(2)34)20(41-14(3)35)18(31-23(37)25(26,27)28)22(42-16)32-10-9-17(30-24(32)38)29-21(36)15-7-5-4-6-8-15/h4-10,16,18-20,22H,11H2,1-3H3,(H,31,37)(H,29,30,36,38)/t16-,18-,19-,20-,22-/m1/s1. The number of hydrogen-bond acceptors (Lipinski definition) is 11. The molecular formula is C25H25F3N4O10. The number of carbonyl (C=O) groups excluding carboxylic acids is 5. The molecular weight excluding hydrogens is 573 g/mol. The molecule has 0 unspecified atom stereocenters. The van der Waals surface area contributed by atoms with Crippen LogP contribution in [0.3, 0.4) is 0 Å². The third kappa shape index (κ3) is 8.12. The number of rotatable bonds is 8. The Bertz CT molecular complexity index is 1400. The molecule has 2 amide bonds. The van der Waals surface area contributed by atoms with E-state index in [1.807, 2.05) is 0 Å². The van der Waals surface area contributed by atoms with Gasteiger partial charge in [-0.2, -0.15) is 18.2 Å². The van der Waals surface area contributed by atoms with E-state index in [1.165, 1.54) is 12.1 Å². The fourth-order valence-electron chi connectivity index (χ4n) is 4.00. The van der Waals surface area contributed by atoms with Gasteiger partial charge in [-0.1, -0.05) is 18.2 Å². The van der Waals surface area contributed by atoms with Crippen molar-refractivity contribution >= 4 is 35.5 Å². The van der Waals surface area contributed by atoms with Crippen LogP contribution in [0.4, 0.5) is 19.0 Å². The Morgan fingerprint density at radius 2 is 1.57 bits per heavy atom. The van der Waals surface area contributed by atoms with Crippen LogP contribution in [0.1, 0.15) is 37.4 Å². The minimum Gasteiger partial charge on any atom is -0.463 e. The summed E-state index contributed by atoms with van der Waals surface area (Å²) in [4.78, 5) is 76.5. The fourth-order valence-corrected chi connectivity index (χ4v) is 4.00. The number of nitrogens with zero attached hydrogens (tertiary/aromatic N) is 2. The number of ether oxygens (including phenoxy) is 4. The van der Waals surface area contributed by atoms with Crippen LogP contribution in [-0.2, 0) is 38.1 Å². The molecule has 1 saturated heterocycles. The molecule has 42 heavy (non-hydrogen) atoms. The highest BCUT2D eigenvalue weighted by molar-refractivity contribution is 6.03. The quantitative estimate of drug-likeness (QED) is 0.325. The van der Waals surface area contributed by atoms with Gasteiger partial charge in [-0.15, -0.1) is 0 Å². The van der Waals surface area contributed by atoms with Gasteiger partial charge in [0.25, 0.3) is 5.91 Å². The fraction of sp³-hybridized carbons (Fsp3) is 0.400. The van der Waals surface area contributed by atoms with E-state index in [0.29, 0.717) is 4.57 Å². The van der Waals surface area contributed by atoms with E-state index in [1.54, 1.807) is 23.5 Å². The van der Waals surface area contributed by atoms with E-state index in [9.17, 15) is 41.9 Å². The molecule has 1 aromatic heterocycles. The van der Waals surface area contributed by atoms with Crippen LogP contribution < -0.4 is 16.3 Å². The summed E-state index contributed by atoms with van der Waals surface area (Å²) in [6.45, 7) is 2.22. The second-order valence-corrected chi connectivity index (χ2v) is 8.84. The summed E-state index contributed by atoms with van der Waals surface area (Å²) in [5.41, 5.74) is -0.932. The number of carbonyl (C=O) groups is 5. The monoisotopic (exact) mass is 598 g/mol. The van der Waals surface area contributed by atoms with Crippen LogP contribution in [0.2, 0.25) is 0 Å². The molecule has 2 aromatic rings. The number of esters is 3. The average Bonchev–Trinajstić information content (AvgIpc) is 2.89. The number of anilines is 1. The van der Waals surface area contributed by atoms with Gasteiger partial charge < -0.3 is 29.6 Å². The van der Waals surface area contributed by atoms with E-state index in [2.05, 4.69) is 10.3 Å². The van der Waals surface area contributed by atoms with Crippen molar-refractivity contribution in [2.45, 2.75) is 57.5 Å². The Balaban J connectivity index is 2.07. The molecule has 0 aliphatic carbocycles. The first kappa shape index (κ1) is 31.7. The number of alkyl halides is 3. The average molecular weight is 598 g/mol. The van der Waals surface area contributed by atoms with Gasteiger partial charge in [0.2, 0.25) is 0 Å². The van der Waals surface area contributed by atoms with Crippen LogP contribution >= 0.6 is 0 Å². The molecule has 17 heteroatoms. The lowest BCUT2D eigenvalue weighted by Crippen LogP contribution is -2.66. The number of aromatic nitrogens is 2. The molecule has 14 nitrogen and oxygen atoms in total. The molecule has 0 bridgehead atoms. The van der Waals surface area contributed by atoms with Crippen LogP contribution in [0.15, 0.2) is 47.4 Å². The maximum absolute atomic E-state index is 13.3. The van der Waals surface area contributed by atoms with Gasteiger partial charge in [0.15, 0.2) is 18.4 Å². The SMILES string of the molecule is CC(=O)OC[C@H]1O[C@@H](n2ccc(NC(=O)c3ccccc3)nc2=O)[C@H](NC(=O)C(F)(F)F)[C@@H](OC(C)=O)[C@@H]1OC(C)=O. The highest BCUT2D eigenvalue weighted by Gasteiger charge is 2.54. The molecule has 1 aromatic carbocycles. The highest BCUT2D eigenvalue weighted by Crippen LogP contribution is 2.33. The lowest BCUT2D eigenvalue weighted by molar-refractivity contribution is -0.240. The minimum absolute atomic E-state index is 0.234. The van der Waals surface area contributed by atoms with Crippen molar-refractivity contribution < 1.29 is 56.1 Å². The predicted molar refractivity (Wildman–Crippen MR) is 133 cm³/mol. The Morgan fingerprint density at radius 3 is 2.12 bits per heavy atom. The molecule has 2 N–H and O–H groups in total. The molecule has 1 aliphatic heterocycles. The van der Waals surface area contributed by atoms with Crippen LogP contribution in [0.25, 0.3) is 0 Å². The van der Waals surface area contributed by atoms with Gasteiger partial charge >= 0.3 is 35.7 Å². The smallest absolute Gasteiger partial charge is 0.463 e. The summed E-state index contributed by atoms with van der Waals surface area (Å²) in [5.74, 6) is -6.20. The van der Waals surface area contributed by atoms with Crippen LogP contribution in [0, 0.1) is 0 Å². The topological polar surface area (TPSA) is 181 Å². The molecule has 0 saturated carbocycles. The molecule has 0 spiro atoms. The van der Waals surface area contributed by atoms with Crippen molar-refractivity contribution in [3.8, 4) is 0 Å². The zero-order valence-electron chi connectivity index (χ0n) is 22.2. The maximum atomic E-state index is 13.3. The molecule has 2 heterocycles. The van der Waals surface area contributed by atoms with Crippen LogP contribution in [0.5, 0.6) is 0 Å². The van der Waals surface area contributed by atoms with E-state index in [0.717, 1.165) is 33.0 Å². The van der Waals surface area contributed by atoms with Gasteiger partial charge in [-0.25, -0.2) is 4.79 Å². The number of amides is 2. The zero-order valence-corrected chi connectivity index (χ0v) is 22.2. The lowest BCUT2D eigenvalue weighted by atomic mass is 9.94. The third-order valence-electron chi connectivity index (χ3n) is 5.66. The molecule has 3 rings (SSSR count). The maximum Gasteiger partial charge on any atom is 0.471 e. The minimum atomic E-state index is -5.42. The summed E-state index contributed by atoms with van der Waals surface area (Å²) in [7, 11) is 0. The number of hydrogen-bond donors (Lipinski definition) is 2. The number of nitrogens with one attached hydrogen (secondary N) is 2. The van der Waals surface area contributed by atoms with Crippen molar-refractivity contribution in [2.24, 2.45) is 0 Å². The highest BCUT2D eigenvalue weighted by atomic mass is 19.4. The van der Waals surface area contributed by atoms with Crippen molar-refractivity contribution in [3.05, 3.63) is 58.6 Å². The van der Waals surface area contributed by atoms with Crippen LogP contribution in [-0.4, -0.2) is 76.4 Å². The molecule has 226 valence electrons. The Kier molecular flexibility index (Phi) is 10.0. The van der Waals surface area contributed by atoms with Crippen molar-refractivity contribution in [1.82, 2.24) is 14.9 Å². The van der Waals surface area contributed by atoms with E-state index in [-0.39, 0.29) is 11.4 Å². The first-order chi connectivity index (χ1) is 19.7. The predicted octanol–water partition coefficient (Wildman–Crippen LogP) is 0.867. The van der Waals surface area contributed by atoms with Gasteiger partial charge in [-0.3, -0.25) is 28.5 Å². The number of halogens is 3. The van der Waals surface area contributed by atoms with E-state index < -0.39 is 78.8 Å². The molecule has 1 fully saturated rings. The Morgan fingerprint density at radius 1 is 0.952 bits per heavy atom. The number of benzene rings is 1. The molecule has 1 aliphatic rings. The van der Waals surface area contributed by atoms with E-state index in [4.69, 9.17) is 18.9 Å².